The molecular weight excluding hydrogens is 470 g/mol. The molecule has 1 aromatic carbocycles. The Labute approximate surface area is 202 Å². The number of hydrogen-bond acceptors (Lipinski definition) is 9. The van der Waals surface area contributed by atoms with E-state index in [9.17, 15) is 8.78 Å². The van der Waals surface area contributed by atoms with Gasteiger partial charge >= 0.3 is 0 Å². The number of aromatic amines is 1. The standard InChI is InChI=1S/C23H18F2N10O/c1-35-27-11-16(34-35)13-6-4-7-14(20(13)36-2)29-15-9-18(30-17-8-3-5-12(10-26)28-17)31-22-19(15)32-23(33-22)21(24)25/h3-9,11,21H,1-2H3,(H3,28,29,30,31,32,33). The van der Waals surface area contributed by atoms with Crippen LogP contribution in [0.3, 0.4) is 0 Å². The van der Waals surface area contributed by atoms with Gasteiger partial charge in [0.05, 0.1) is 24.7 Å². The van der Waals surface area contributed by atoms with Crippen molar-refractivity contribution in [3.8, 4) is 23.1 Å². The van der Waals surface area contributed by atoms with Crippen LogP contribution in [0, 0.1) is 11.3 Å². The molecule has 0 saturated carbocycles. The van der Waals surface area contributed by atoms with Gasteiger partial charge in [-0.05, 0) is 24.3 Å². The molecular formula is C23H18F2N10O. The van der Waals surface area contributed by atoms with Crippen molar-refractivity contribution < 1.29 is 13.5 Å². The number of para-hydroxylation sites is 1. The molecule has 0 amide bonds. The molecule has 3 N–H and O–H groups in total. The Morgan fingerprint density at radius 2 is 1.89 bits per heavy atom. The number of rotatable bonds is 7. The van der Waals surface area contributed by atoms with Gasteiger partial charge < -0.3 is 20.4 Å². The second-order valence-corrected chi connectivity index (χ2v) is 7.55. The van der Waals surface area contributed by atoms with Gasteiger partial charge in [0.15, 0.2) is 17.2 Å². The lowest BCUT2D eigenvalue weighted by atomic mass is 10.1. The second kappa shape index (κ2) is 9.26. The van der Waals surface area contributed by atoms with Crippen molar-refractivity contribution in [3.05, 3.63) is 60.2 Å². The van der Waals surface area contributed by atoms with Crippen molar-refractivity contribution in [2.24, 2.45) is 7.05 Å². The normalized spacial score (nSPS) is 11.0. The minimum absolute atomic E-state index is 0.137. The maximum absolute atomic E-state index is 13.4. The number of halogens is 2. The molecule has 4 aromatic heterocycles. The Kier molecular flexibility index (Phi) is 5.83. The fraction of sp³-hybridized carbons (Fsp3) is 0.130. The summed E-state index contributed by atoms with van der Waals surface area (Å²) in [6.45, 7) is 0. The number of H-pyrrole nitrogens is 1. The number of imidazole rings is 1. The van der Waals surface area contributed by atoms with E-state index in [-0.39, 0.29) is 16.9 Å². The molecule has 0 atom stereocenters. The number of aryl methyl sites for hydroxylation is 1. The van der Waals surface area contributed by atoms with Gasteiger partial charge in [-0.3, -0.25) is 0 Å². The van der Waals surface area contributed by atoms with Crippen LogP contribution in [-0.4, -0.2) is 42.0 Å². The summed E-state index contributed by atoms with van der Waals surface area (Å²) in [4.78, 5) is 16.6. The van der Waals surface area contributed by atoms with Crippen LogP contribution in [0.25, 0.3) is 22.4 Å². The van der Waals surface area contributed by atoms with Crippen LogP contribution in [0.15, 0.2) is 48.7 Å². The fourth-order valence-corrected chi connectivity index (χ4v) is 3.64. The molecule has 0 bridgehead atoms. The average Bonchev–Trinajstić information content (AvgIpc) is 3.50. The first-order valence-electron chi connectivity index (χ1n) is 10.6. The molecule has 5 rings (SSSR count). The number of aromatic nitrogens is 7. The van der Waals surface area contributed by atoms with E-state index in [1.807, 2.05) is 12.1 Å². The summed E-state index contributed by atoms with van der Waals surface area (Å²) in [5.41, 5.74) is 2.78. The molecule has 36 heavy (non-hydrogen) atoms. The molecule has 0 radical (unpaired) electrons. The molecule has 0 unspecified atom stereocenters. The first-order valence-corrected chi connectivity index (χ1v) is 10.6. The van der Waals surface area contributed by atoms with E-state index < -0.39 is 12.2 Å². The zero-order valence-electron chi connectivity index (χ0n) is 19.0. The third kappa shape index (κ3) is 4.34. The summed E-state index contributed by atoms with van der Waals surface area (Å²) in [5, 5.41) is 23.8. The molecule has 0 fully saturated rings. The van der Waals surface area contributed by atoms with Crippen molar-refractivity contribution in [2.45, 2.75) is 6.43 Å². The first-order chi connectivity index (χ1) is 17.4. The quantitative estimate of drug-likeness (QED) is 0.303. The van der Waals surface area contributed by atoms with Gasteiger partial charge in [0.25, 0.3) is 6.43 Å². The van der Waals surface area contributed by atoms with Crippen molar-refractivity contribution in [2.75, 3.05) is 17.7 Å². The number of ether oxygens (including phenoxy) is 1. The second-order valence-electron chi connectivity index (χ2n) is 7.55. The van der Waals surface area contributed by atoms with Crippen molar-refractivity contribution >= 4 is 34.2 Å². The predicted octanol–water partition coefficient (Wildman–Crippen LogP) is 4.45. The fourth-order valence-electron chi connectivity index (χ4n) is 3.64. The molecule has 0 saturated heterocycles. The number of nitrogens with one attached hydrogen (secondary N) is 3. The summed E-state index contributed by atoms with van der Waals surface area (Å²) < 4.78 is 32.5. The molecule has 0 spiro atoms. The highest BCUT2D eigenvalue weighted by atomic mass is 19.3. The Hall–Kier alpha value is -5.12. The highest BCUT2D eigenvalue weighted by molar-refractivity contribution is 5.92. The van der Waals surface area contributed by atoms with Gasteiger partial charge in [-0.1, -0.05) is 12.1 Å². The lowest BCUT2D eigenvalue weighted by Crippen LogP contribution is -2.01. The minimum Gasteiger partial charge on any atom is -0.494 e. The molecule has 4 heterocycles. The summed E-state index contributed by atoms with van der Waals surface area (Å²) in [7, 11) is 3.23. The van der Waals surface area contributed by atoms with Crippen LogP contribution in [-0.2, 0) is 7.05 Å². The van der Waals surface area contributed by atoms with E-state index in [2.05, 4.69) is 40.8 Å². The number of fused-ring (bicyclic) bond motifs is 1. The number of methoxy groups -OCH3 is 1. The minimum atomic E-state index is -2.81. The van der Waals surface area contributed by atoms with Crippen LogP contribution >= 0.6 is 0 Å². The van der Waals surface area contributed by atoms with E-state index in [1.54, 1.807) is 49.6 Å². The largest absolute Gasteiger partial charge is 0.494 e. The van der Waals surface area contributed by atoms with Crippen LogP contribution in [0.4, 0.5) is 31.8 Å². The SMILES string of the molecule is COc1c(Nc2cc(Nc3cccc(C#N)n3)nc3[nH]c(C(F)F)nc23)cccc1-c1cnn(C)n1. The Morgan fingerprint density at radius 3 is 2.61 bits per heavy atom. The zero-order chi connectivity index (χ0) is 25.2. The zero-order valence-corrected chi connectivity index (χ0v) is 19.0. The number of anilines is 4. The Bertz CT molecular complexity index is 1600. The van der Waals surface area contributed by atoms with Gasteiger partial charge in [0, 0.05) is 18.7 Å². The average molecular weight is 488 g/mol. The number of hydrogen-bond donors (Lipinski definition) is 3. The van der Waals surface area contributed by atoms with Gasteiger partial charge in [-0.2, -0.15) is 20.3 Å². The molecule has 0 aliphatic heterocycles. The Morgan fingerprint density at radius 1 is 1.06 bits per heavy atom. The van der Waals surface area contributed by atoms with Gasteiger partial charge in [0.1, 0.15) is 34.6 Å². The molecule has 11 nitrogen and oxygen atoms in total. The molecule has 5 aromatic rings. The van der Waals surface area contributed by atoms with E-state index >= 15 is 0 Å². The maximum Gasteiger partial charge on any atom is 0.295 e. The van der Waals surface area contributed by atoms with E-state index in [0.29, 0.717) is 40.0 Å². The highest BCUT2D eigenvalue weighted by Crippen LogP contribution is 2.38. The number of pyridine rings is 2. The van der Waals surface area contributed by atoms with E-state index in [4.69, 9.17) is 10.00 Å². The predicted molar refractivity (Wildman–Crippen MR) is 127 cm³/mol. The number of nitrogens with zero attached hydrogens (tertiary/aromatic N) is 7. The van der Waals surface area contributed by atoms with Crippen LogP contribution in [0.5, 0.6) is 5.75 Å². The monoisotopic (exact) mass is 488 g/mol. The molecule has 0 aliphatic carbocycles. The van der Waals surface area contributed by atoms with Gasteiger partial charge in [-0.15, -0.1) is 0 Å². The number of alkyl halides is 2. The highest BCUT2D eigenvalue weighted by Gasteiger charge is 2.19. The first kappa shape index (κ1) is 22.7. The van der Waals surface area contributed by atoms with Gasteiger partial charge in [0.2, 0.25) is 0 Å². The molecule has 13 heteroatoms. The third-order valence-corrected chi connectivity index (χ3v) is 5.16. The lowest BCUT2D eigenvalue weighted by Gasteiger charge is -2.15. The molecule has 0 aliphatic rings. The summed E-state index contributed by atoms with van der Waals surface area (Å²) in [5.74, 6) is 0.622. The van der Waals surface area contributed by atoms with Crippen molar-refractivity contribution in [3.63, 3.8) is 0 Å². The van der Waals surface area contributed by atoms with Crippen LogP contribution in [0.2, 0.25) is 0 Å². The maximum atomic E-state index is 13.4. The van der Waals surface area contributed by atoms with Crippen molar-refractivity contribution in [1.29, 1.82) is 5.26 Å². The molecule has 180 valence electrons. The summed E-state index contributed by atoms with van der Waals surface area (Å²) in [6, 6.07) is 13.9. The van der Waals surface area contributed by atoms with Crippen molar-refractivity contribution in [1.82, 2.24) is 34.9 Å². The van der Waals surface area contributed by atoms with E-state index in [1.165, 1.54) is 11.9 Å². The number of benzene rings is 1. The lowest BCUT2D eigenvalue weighted by molar-refractivity contribution is 0.142. The van der Waals surface area contributed by atoms with Crippen LogP contribution < -0.4 is 15.4 Å². The third-order valence-electron chi connectivity index (χ3n) is 5.16. The van der Waals surface area contributed by atoms with Crippen LogP contribution in [0.1, 0.15) is 17.9 Å². The summed E-state index contributed by atoms with van der Waals surface area (Å²) >= 11 is 0. The smallest absolute Gasteiger partial charge is 0.295 e. The topological polar surface area (TPSA) is 142 Å². The van der Waals surface area contributed by atoms with Gasteiger partial charge in [-0.25, -0.2) is 23.7 Å². The number of nitriles is 1. The Balaban J connectivity index is 1.60. The van der Waals surface area contributed by atoms with E-state index in [0.717, 1.165) is 0 Å². The summed E-state index contributed by atoms with van der Waals surface area (Å²) in [6.07, 6.45) is -1.20.